The van der Waals surface area contributed by atoms with E-state index in [4.69, 9.17) is 23.2 Å². The first-order valence-corrected chi connectivity index (χ1v) is 8.81. The van der Waals surface area contributed by atoms with Crippen molar-refractivity contribution in [3.63, 3.8) is 0 Å². The van der Waals surface area contributed by atoms with E-state index in [2.05, 4.69) is 10.6 Å². The van der Waals surface area contributed by atoms with Crippen LogP contribution in [-0.2, 0) is 9.59 Å². The van der Waals surface area contributed by atoms with Crippen LogP contribution in [0.5, 0.6) is 0 Å². The summed E-state index contributed by atoms with van der Waals surface area (Å²) in [5.74, 6) is -0.475. The Bertz CT molecular complexity index is 555. The van der Waals surface area contributed by atoms with Gasteiger partial charge < -0.3 is 10.6 Å². The van der Waals surface area contributed by atoms with E-state index in [1.54, 1.807) is 18.2 Å². The largest absolute Gasteiger partial charge is 0.352 e. The standard InChI is InChI=1S/C17H25Cl2N3O2/c1-5-22(6-2)16(12-7-13(18)9-14(19)8-12)17(24)20-10-15(23)21-11(3)4/h7-9,11,16H,5-6,10H2,1-4H3,(H,20,24)(H,21,23)/t16-/m1/s1. The van der Waals surface area contributed by atoms with E-state index >= 15 is 0 Å². The molecule has 0 aliphatic heterocycles. The van der Waals surface area contributed by atoms with Crippen molar-refractivity contribution in [2.24, 2.45) is 0 Å². The normalized spacial score (nSPS) is 12.3. The van der Waals surface area contributed by atoms with Gasteiger partial charge in [0.05, 0.1) is 6.54 Å². The Morgan fingerprint density at radius 1 is 1.08 bits per heavy atom. The minimum absolute atomic E-state index is 0.0275. The highest BCUT2D eigenvalue weighted by Crippen LogP contribution is 2.27. The van der Waals surface area contributed by atoms with Crippen LogP contribution in [0.1, 0.15) is 39.3 Å². The van der Waals surface area contributed by atoms with Gasteiger partial charge in [-0.25, -0.2) is 0 Å². The maximum Gasteiger partial charge on any atom is 0.242 e. The van der Waals surface area contributed by atoms with Crippen molar-refractivity contribution in [1.29, 1.82) is 0 Å². The van der Waals surface area contributed by atoms with Gasteiger partial charge in [0.2, 0.25) is 11.8 Å². The number of hydrogen-bond donors (Lipinski definition) is 2. The predicted molar refractivity (Wildman–Crippen MR) is 98.4 cm³/mol. The first-order valence-electron chi connectivity index (χ1n) is 8.05. The van der Waals surface area contributed by atoms with Gasteiger partial charge in [0, 0.05) is 16.1 Å². The zero-order valence-corrected chi connectivity index (χ0v) is 16.0. The molecule has 5 nitrogen and oxygen atoms in total. The fourth-order valence-electron chi connectivity index (χ4n) is 2.49. The molecule has 0 saturated carbocycles. The van der Waals surface area contributed by atoms with Crippen molar-refractivity contribution in [2.75, 3.05) is 19.6 Å². The number of nitrogens with one attached hydrogen (secondary N) is 2. The zero-order chi connectivity index (χ0) is 18.3. The Labute approximate surface area is 153 Å². The van der Waals surface area contributed by atoms with E-state index in [1.807, 2.05) is 32.6 Å². The molecular formula is C17H25Cl2N3O2. The molecule has 0 bridgehead atoms. The number of benzene rings is 1. The molecule has 2 N–H and O–H groups in total. The molecule has 1 aromatic rings. The summed E-state index contributed by atoms with van der Waals surface area (Å²) in [6, 6.07) is 4.55. The second-order valence-electron chi connectivity index (χ2n) is 5.77. The summed E-state index contributed by atoms with van der Waals surface area (Å²) in [6.45, 7) is 8.97. The zero-order valence-electron chi connectivity index (χ0n) is 14.5. The molecule has 0 radical (unpaired) electrons. The maximum absolute atomic E-state index is 12.7. The summed E-state index contributed by atoms with van der Waals surface area (Å²) in [4.78, 5) is 26.4. The Morgan fingerprint density at radius 3 is 2.08 bits per heavy atom. The van der Waals surface area contributed by atoms with Crippen LogP contribution in [0.15, 0.2) is 18.2 Å². The number of nitrogens with zero attached hydrogens (tertiary/aromatic N) is 1. The number of halogens is 2. The van der Waals surface area contributed by atoms with Gasteiger partial charge in [0.1, 0.15) is 6.04 Å². The van der Waals surface area contributed by atoms with E-state index in [0.29, 0.717) is 28.7 Å². The average Bonchev–Trinajstić information content (AvgIpc) is 2.48. The number of carbonyl (C=O) groups excluding carboxylic acids is 2. The topological polar surface area (TPSA) is 61.4 Å². The summed E-state index contributed by atoms with van der Waals surface area (Å²) < 4.78 is 0. The van der Waals surface area contributed by atoms with Crippen molar-refractivity contribution in [1.82, 2.24) is 15.5 Å². The molecule has 0 spiro atoms. The first kappa shape index (κ1) is 20.7. The fraction of sp³-hybridized carbons (Fsp3) is 0.529. The fourth-order valence-corrected chi connectivity index (χ4v) is 3.03. The van der Waals surface area contributed by atoms with Crippen LogP contribution in [-0.4, -0.2) is 42.4 Å². The molecule has 0 saturated heterocycles. The van der Waals surface area contributed by atoms with Gasteiger partial charge in [-0.15, -0.1) is 0 Å². The minimum atomic E-state index is -0.553. The van der Waals surface area contributed by atoms with Gasteiger partial charge in [0.15, 0.2) is 0 Å². The van der Waals surface area contributed by atoms with Crippen LogP contribution in [0.4, 0.5) is 0 Å². The van der Waals surface area contributed by atoms with E-state index in [9.17, 15) is 9.59 Å². The number of likely N-dealkylation sites (N-methyl/N-ethyl adjacent to an activating group) is 1. The predicted octanol–water partition coefficient (Wildman–Crippen LogP) is 3.02. The van der Waals surface area contributed by atoms with Gasteiger partial charge in [-0.2, -0.15) is 0 Å². The van der Waals surface area contributed by atoms with Gasteiger partial charge in [-0.1, -0.05) is 37.0 Å². The summed E-state index contributed by atoms with van der Waals surface area (Å²) in [5, 5.41) is 6.38. The van der Waals surface area contributed by atoms with Gasteiger partial charge in [-0.05, 0) is 50.7 Å². The lowest BCUT2D eigenvalue weighted by Gasteiger charge is -2.29. The molecule has 2 amide bonds. The highest BCUT2D eigenvalue weighted by molar-refractivity contribution is 6.34. The van der Waals surface area contributed by atoms with Crippen LogP contribution >= 0.6 is 23.2 Å². The Morgan fingerprint density at radius 2 is 1.62 bits per heavy atom. The van der Waals surface area contributed by atoms with Crippen molar-refractivity contribution in [3.8, 4) is 0 Å². The summed E-state index contributed by atoms with van der Waals surface area (Å²) in [6.07, 6.45) is 0. The number of rotatable bonds is 8. The number of carbonyl (C=O) groups is 2. The molecule has 0 aliphatic carbocycles. The molecule has 24 heavy (non-hydrogen) atoms. The van der Waals surface area contributed by atoms with Crippen LogP contribution in [0.25, 0.3) is 0 Å². The van der Waals surface area contributed by atoms with Crippen molar-refractivity contribution in [2.45, 2.75) is 39.8 Å². The molecule has 134 valence electrons. The molecule has 0 fully saturated rings. The Hall–Kier alpha value is -1.30. The molecule has 0 aliphatic rings. The Kier molecular flexibility index (Phi) is 8.53. The molecule has 1 atom stereocenters. The van der Waals surface area contributed by atoms with Crippen LogP contribution in [0.2, 0.25) is 10.0 Å². The molecule has 0 unspecified atom stereocenters. The summed E-state index contributed by atoms with van der Waals surface area (Å²) in [5.41, 5.74) is 0.706. The molecule has 0 aromatic heterocycles. The quantitative estimate of drug-likeness (QED) is 0.735. The Balaban J connectivity index is 2.97. The molecule has 7 heteroatoms. The van der Waals surface area contributed by atoms with Gasteiger partial charge in [-0.3, -0.25) is 14.5 Å². The summed E-state index contributed by atoms with van der Waals surface area (Å²) in [7, 11) is 0. The lowest BCUT2D eigenvalue weighted by Crippen LogP contribution is -2.45. The van der Waals surface area contributed by atoms with Crippen LogP contribution in [0.3, 0.4) is 0 Å². The maximum atomic E-state index is 12.7. The average molecular weight is 374 g/mol. The number of amides is 2. The van der Waals surface area contributed by atoms with Crippen molar-refractivity contribution in [3.05, 3.63) is 33.8 Å². The highest BCUT2D eigenvalue weighted by Gasteiger charge is 2.26. The smallest absolute Gasteiger partial charge is 0.242 e. The van der Waals surface area contributed by atoms with Gasteiger partial charge in [0.25, 0.3) is 0 Å². The summed E-state index contributed by atoms with van der Waals surface area (Å²) >= 11 is 12.2. The molecular weight excluding hydrogens is 349 g/mol. The lowest BCUT2D eigenvalue weighted by atomic mass is 10.0. The molecule has 1 rings (SSSR count). The number of hydrogen-bond acceptors (Lipinski definition) is 3. The van der Waals surface area contributed by atoms with Crippen LogP contribution < -0.4 is 10.6 Å². The second-order valence-corrected chi connectivity index (χ2v) is 6.64. The van der Waals surface area contributed by atoms with Crippen molar-refractivity contribution < 1.29 is 9.59 Å². The third kappa shape index (κ3) is 6.30. The third-order valence-corrected chi connectivity index (χ3v) is 3.94. The highest BCUT2D eigenvalue weighted by atomic mass is 35.5. The lowest BCUT2D eigenvalue weighted by molar-refractivity contribution is -0.129. The minimum Gasteiger partial charge on any atom is -0.352 e. The van der Waals surface area contributed by atoms with E-state index in [1.165, 1.54) is 0 Å². The van der Waals surface area contributed by atoms with Gasteiger partial charge >= 0.3 is 0 Å². The first-order chi connectivity index (χ1) is 11.3. The van der Waals surface area contributed by atoms with E-state index in [-0.39, 0.29) is 24.4 Å². The van der Waals surface area contributed by atoms with E-state index in [0.717, 1.165) is 0 Å². The molecule has 0 heterocycles. The third-order valence-electron chi connectivity index (χ3n) is 3.50. The van der Waals surface area contributed by atoms with E-state index < -0.39 is 6.04 Å². The SMILES string of the molecule is CCN(CC)[C@@H](C(=O)NCC(=O)NC(C)C)c1cc(Cl)cc(Cl)c1. The monoisotopic (exact) mass is 373 g/mol. The van der Waals surface area contributed by atoms with Crippen LogP contribution in [0, 0.1) is 0 Å². The van der Waals surface area contributed by atoms with Crippen molar-refractivity contribution >= 4 is 35.0 Å². The second kappa shape index (κ2) is 9.87. The molecule has 1 aromatic carbocycles.